The van der Waals surface area contributed by atoms with Gasteiger partial charge in [-0.25, -0.2) is 62.0 Å². The fourth-order valence-electron chi connectivity index (χ4n) is 10.6. The van der Waals surface area contributed by atoms with E-state index in [1.165, 1.54) is 35.2 Å². The second-order valence-electron chi connectivity index (χ2n) is 22.1. The van der Waals surface area contributed by atoms with Gasteiger partial charge in [0.05, 0.1) is 38.5 Å². The fourth-order valence-corrected chi connectivity index (χ4v) is 13.5. The van der Waals surface area contributed by atoms with Crippen LogP contribution in [0.5, 0.6) is 0 Å². The van der Waals surface area contributed by atoms with E-state index in [1.807, 2.05) is 0 Å². The number of nitrogens with one attached hydrogen (secondary N) is 5. The highest BCUT2D eigenvalue weighted by Crippen LogP contribution is 2.59. The standard InChI is InChI=1S/C52H62F3N17O18P2S2/c1-24(2)37(67-32(73)11-13-69-33(74)9-10-34(69)75)47(77)66-29(4-3-12-58-50(57)78)46(76)65-27-7-5-25(6-8-27)16-84-52(80)70-15-26(53)14-28(70)17-83-51(79)68-43-39-45(62-21-60-43)72(23-64-39)49-36(55)41-31(88-49)19-86-91(81,93)89-40-30(18-85-92(82,94)90-41)87-48(35(40)54)71-22-63-38-42(56)59-20-61-44(38)71/h5-10,20-24,26,28-31,35-37,40-41,48-49H,3-4,11-19H2,1-2H3,(H,65,76)(H,66,77)(H,67,73)(H,81,93)(H,82,94)(H2,56,59,61)(H3,57,58,78)(H,60,62,68,79)/t26-,28-,29+,30+,31+,35+,36+,37+,40+,41+,48+,49+,91?,92?/m0/s1. The molecule has 4 saturated heterocycles. The molecule has 5 aliphatic heterocycles. The molecule has 10 rings (SSSR count). The maximum Gasteiger partial charge on any atom is 0.412 e. The number of nitrogen functional groups attached to an aromatic ring is 1. The number of likely N-dealkylation sites (tertiary alicyclic amines) is 1. The number of carbonyl (C=O) groups excluding carboxylic acids is 8. The third-order valence-corrected chi connectivity index (χ3v) is 18.5. The number of imide groups is 1. The summed E-state index contributed by atoms with van der Waals surface area (Å²) in [6.07, 6.45) is -11.5. The lowest BCUT2D eigenvalue weighted by Crippen LogP contribution is -2.54. The number of imidazole rings is 2. The van der Waals surface area contributed by atoms with Gasteiger partial charge in [0.2, 0.25) is 17.7 Å². The van der Waals surface area contributed by atoms with Gasteiger partial charge < -0.3 is 61.1 Å². The van der Waals surface area contributed by atoms with Gasteiger partial charge in [-0.3, -0.25) is 61.8 Å². The number of amides is 9. The molecule has 0 bridgehead atoms. The summed E-state index contributed by atoms with van der Waals surface area (Å²) >= 11 is 9.30. The average molecular weight is 1400 g/mol. The topological polar surface area (TPSA) is 454 Å². The van der Waals surface area contributed by atoms with Crippen molar-refractivity contribution in [3.8, 4) is 0 Å². The lowest BCUT2D eigenvalue weighted by molar-refractivity contribution is -0.137. The Kier molecular flexibility index (Phi) is 21.5. The molecule has 42 heteroatoms. The molecule has 9 heterocycles. The zero-order valence-corrected chi connectivity index (χ0v) is 53.0. The van der Waals surface area contributed by atoms with Crippen LogP contribution in [0, 0.1) is 5.92 Å². The van der Waals surface area contributed by atoms with E-state index in [9.17, 15) is 52.2 Å². The van der Waals surface area contributed by atoms with E-state index < -0.39 is 167 Å². The first-order chi connectivity index (χ1) is 44.7. The van der Waals surface area contributed by atoms with Crippen molar-refractivity contribution in [1.82, 2.24) is 64.8 Å². The van der Waals surface area contributed by atoms with E-state index in [2.05, 4.69) is 68.7 Å². The molecule has 0 spiro atoms. The molecule has 5 aliphatic rings. The van der Waals surface area contributed by atoms with Crippen molar-refractivity contribution in [2.75, 3.05) is 55.8 Å². The minimum Gasteiger partial charge on any atom is -0.447 e. The van der Waals surface area contributed by atoms with Gasteiger partial charge in [0.15, 0.2) is 53.2 Å². The van der Waals surface area contributed by atoms with E-state index in [0.29, 0.717) is 5.56 Å². The van der Waals surface area contributed by atoms with E-state index in [1.54, 1.807) is 13.8 Å². The average Bonchev–Trinajstić information content (AvgIpc) is 1.62. The van der Waals surface area contributed by atoms with Crippen LogP contribution in [0.1, 0.15) is 57.6 Å². The van der Waals surface area contributed by atoms with Gasteiger partial charge in [0.1, 0.15) is 74.1 Å². The highest BCUT2D eigenvalue weighted by molar-refractivity contribution is 8.44. The van der Waals surface area contributed by atoms with Crippen LogP contribution < -0.4 is 38.1 Å². The first-order valence-corrected chi connectivity index (χ1v) is 34.1. The normalized spacial score (nSPS) is 27.7. The van der Waals surface area contributed by atoms with E-state index in [-0.39, 0.29) is 85.0 Å². The number of halogens is 3. The summed E-state index contributed by atoms with van der Waals surface area (Å²) in [5.41, 5.74) is 11.7. The van der Waals surface area contributed by atoms with E-state index in [0.717, 1.165) is 45.5 Å². The number of aromatic nitrogens is 8. The first-order valence-electron chi connectivity index (χ1n) is 28.8. The number of fused-ring (bicyclic) bond motifs is 4. The molecule has 4 fully saturated rings. The number of nitrogens with two attached hydrogens (primary N) is 2. The minimum absolute atomic E-state index is 0.00129. The van der Waals surface area contributed by atoms with Crippen LogP contribution in [0.4, 0.5) is 44.9 Å². The van der Waals surface area contributed by atoms with E-state index in [4.69, 9.17) is 60.3 Å². The summed E-state index contributed by atoms with van der Waals surface area (Å²) in [6.45, 7) is -8.66. The Hall–Kier alpha value is -8.04. The number of rotatable bonds is 20. The Morgan fingerprint density at radius 3 is 2.12 bits per heavy atom. The molecule has 10 N–H and O–H groups in total. The fraction of sp³-hybridized carbons (Fsp3) is 0.500. The van der Waals surface area contributed by atoms with E-state index >= 15 is 8.78 Å². The quantitative estimate of drug-likeness (QED) is 0.0234. The van der Waals surface area contributed by atoms with Crippen LogP contribution in [-0.2, 0) is 84.0 Å². The number of alkyl halides is 3. The molecule has 94 heavy (non-hydrogen) atoms. The largest absolute Gasteiger partial charge is 0.447 e. The number of urea groups is 1. The summed E-state index contributed by atoms with van der Waals surface area (Å²) in [4.78, 5) is 140. The summed E-state index contributed by atoms with van der Waals surface area (Å²) in [5.74, 6) is -3.88. The summed E-state index contributed by atoms with van der Waals surface area (Å²) in [6, 6.07) is 1.88. The zero-order valence-electron chi connectivity index (χ0n) is 49.5. The Labute approximate surface area is 540 Å². The van der Waals surface area contributed by atoms with Gasteiger partial charge in [-0.15, -0.1) is 0 Å². The van der Waals surface area contributed by atoms with Crippen LogP contribution in [0.25, 0.3) is 22.3 Å². The summed E-state index contributed by atoms with van der Waals surface area (Å²) < 4.78 is 109. The van der Waals surface area contributed by atoms with Crippen LogP contribution >= 0.6 is 25.8 Å². The number of carbonyl (C=O) groups is 8. The van der Waals surface area contributed by atoms with Crippen molar-refractivity contribution in [1.29, 1.82) is 0 Å². The highest BCUT2D eigenvalue weighted by atomic mass is 32.7. The molecule has 1 aromatic carbocycles. The SMILES string of the molecule is CC(C)[C@@H](NC(=O)CCN1C(=O)C=CC1=O)C(=O)N[C@H](CCCNC(N)=O)C(=O)Nc1ccc(COC(=O)N2C[C@@H](F)C[C@H]2COC(=O)Nc2ncnc3c2ncn3[C@@H]2O[C@@H]3COP(=O)(S)O[C@H]4[C@@H](F)[C@H](n5cnc6c(N)ncnc65)O[C@@H]4COP(O)(=S)O[C@H]3[C@H]2F)cc1. The molecule has 5 aromatic rings. The smallest absolute Gasteiger partial charge is 0.412 e. The maximum absolute atomic E-state index is 16.8. The molecule has 9 amide bonds. The Morgan fingerprint density at radius 1 is 0.830 bits per heavy atom. The molecule has 2 unspecified atom stereocenters. The molecular formula is C52H62F3N17O18P2S2. The molecule has 14 atom stereocenters. The lowest BCUT2D eigenvalue weighted by atomic mass is 10.0. The number of hydrogen-bond donors (Lipinski definition) is 9. The third-order valence-electron chi connectivity index (χ3n) is 15.3. The van der Waals surface area contributed by atoms with Crippen molar-refractivity contribution in [3.63, 3.8) is 0 Å². The number of hydrogen-bond acceptors (Lipinski definition) is 25. The number of nitrogens with zero attached hydrogens (tertiary/aromatic N) is 10. The predicted molar refractivity (Wildman–Crippen MR) is 324 cm³/mol. The van der Waals surface area contributed by atoms with Gasteiger partial charge in [-0.2, -0.15) is 0 Å². The molecular weight excluding hydrogens is 1330 g/mol. The zero-order chi connectivity index (χ0) is 67.3. The maximum atomic E-state index is 16.8. The number of benzene rings is 1. The van der Waals surface area contributed by atoms with Gasteiger partial charge in [-0.1, -0.05) is 38.2 Å². The number of ether oxygens (including phenoxy) is 4. The van der Waals surface area contributed by atoms with Gasteiger partial charge in [0.25, 0.3) is 11.8 Å². The Balaban J connectivity index is 0.712. The number of thiol groups is 1. The van der Waals surface area contributed by atoms with Crippen molar-refractivity contribution >= 4 is 125 Å². The summed E-state index contributed by atoms with van der Waals surface area (Å²) in [7, 11) is 0. The van der Waals surface area contributed by atoms with Crippen LogP contribution in [0.2, 0.25) is 0 Å². The lowest BCUT2D eigenvalue weighted by Gasteiger charge is -2.29. The molecule has 0 aliphatic carbocycles. The molecule has 4 aromatic heterocycles. The molecule has 0 saturated carbocycles. The van der Waals surface area contributed by atoms with Crippen molar-refractivity contribution in [3.05, 3.63) is 67.3 Å². The third kappa shape index (κ3) is 16.2. The molecule has 0 radical (unpaired) electrons. The van der Waals surface area contributed by atoms with Crippen LogP contribution in [0.3, 0.4) is 0 Å². The van der Waals surface area contributed by atoms with Crippen LogP contribution in [0.15, 0.2) is 61.7 Å². The number of anilines is 3. The van der Waals surface area contributed by atoms with Gasteiger partial charge in [0, 0.05) is 43.8 Å². The Bertz CT molecular complexity index is 3830. The highest BCUT2D eigenvalue weighted by Gasteiger charge is 2.54. The molecule has 506 valence electrons. The summed E-state index contributed by atoms with van der Waals surface area (Å²) in [5, 5.41) is 12.7. The predicted octanol–water partition coefficient (Wildman–Crippen LogP) is 2.42. The first kappa shape index (κ1) is 68.8. The van der Waals surface area contributed by atoms with Crippen LogP contribution in [-0.4, -0.2) is 202 Å². The minimum atomic E-state index is -4.58. The second-order valence-corrected chi connectivity index (χ2v) is 27.8. The van der Waals surface area contributed by atoms with Crippen molar-refractivity contribution in [2.45, 2.75) is 120 Å². The van der Waals surface area contributed by atoms with Crippen molar-refractivity contribution < 1.29 is 98.0 Å². The second kappa shape index (κ2) is 29.3. The van der Waals surface area contributed by atoms with Gasteiger partial charge in [-0.05, 0) is 48.3 Å². The van der Waals surface area contributed by atoms with Crippen molar-refractivity contribution in [2.24, 2.45) is 11.7 Å². The monoisotopic (exact) mass is 1400 g/mol. The molecule has 35 nitrogen and oxygen atoms in total. The number of primary amides is 1. The van der Waals surface area contributed by atoms with Gasteiger partial charge >= 0.3 is 31.7 Å². The Morgan fingerprint density at radius 2 is 1.46 bits per heavy atom.